The van der Waals surface area contributed by atoms with Gasteiger partial charge in [0.05, 0.1) is 0 Å². The molecule has 2 heterocycles. The number of fused-ring (bicyclic) bond motifs is 1. The maximum Gasteiger partial charge on any atom is 0.305 e. The van der Waals surface area contributed by atoms with Crippen molar-refractivity contribution in [3.63, 3.8) is 0 Å². The summed E-state index contributed by atoms with van der Waals surface area (Å²) in [5, 5.41) is 12.8. The van der Waals surface area contributed by atoms with Gasteiger partial charge in [0.2, 0.25) is 6.19 Å². The van der Waals surface area contributed by atoms with Crippen molar-refractivity contribution in [1.29, 1.82) is 5.26 Å². The molecule has 1 aromatic carbocycles. The van der Waals surface area contributed by atoms with Gasteiger partial charge in [-0.15, -0.1) is 4.99 Å². The molecule has 108 valence electrons. The van der Waals surface area contributed by atoms with Crippen molar-refractivity contribution < 1.29 is 4.74 Å². The Morgan fingerprint density at radius 3 is 2.95 bits per heavy atom. The van der Waals surface area contributed by atoms with Gasteiger partial charge in [-0.05, 0) is 29.8 Å². The highest BCUT2D eigenvalue weighted by Crippen LogP contribution is 2.15. The number of aromatic amines is 1. The third-order valence-electron chi connectivity index (χ3n) is 3.09. The zero-order chi connectivity index (χ0) is 15.2. The van der Waals surface area contributed by atoms with E-state index in [0.29, 0.717) is 12.3 Å². The molecule has 0 saturated heterocycles. The summed E-state index contributed by atoms with van der Waals surface area (Å²) >= 11 is 0. The SMILES string of the molecule is N#C/N=C(/NCc1ccnc2[nH]ccc12)Oc1ccccc1. The molecule has 0 aliphatic rings. The van der Waals surface area contributed by atoms with E-state index in [2.05, 4.69) is 20.3 Å². The molecule has 6 heteroatoms. The summed E-state index contributed by atoms with van der Waals surface area (Å²) < 4.78 is 5.56. The van der Waals surface area contributed by atoms with Crippen molar-refractivity contribution in [3.8, 4) is 11.9 Å². The number of nitriles is 1. The Hall–Kier alpha value is -3.33. The highest BCUT2D eigenvalue weighted by Gasteiger charge is 2.06. The van der Waals surface area contributed by atoms with Gasteiger partial charge in [-0.3, -0.25) is 0 Å². The summed E-state index contributed by atoms with van der Waals surface area (Å²) in [6.45, 7) is 0.476. The first-order chi connectivity index (χ1) is 10.9. The minimum atomic E-state index is 0.161. The third-order valence-corrected chi connectivity index (χ3v) is 3.09. The number of aromatic nitrogens is 2. The van der Waals surface area contributed by atoms with Crippen molar-refractivity contribution in [2.75, 3.05) is 0 Å². The van der Waals surface area contributed by atoms with E-state index in [-0.39, 0.29) is 6.02 Å². The number of hydrogen-bond donors (Lipinski definition) is 2. The number of pyridine rings is 1. The van der Waals surface area contributed by atoms with E-state index in [0.717, 1.165) is 16.6 Å². The second-order valence-corrected chi connectivity index (χ2v) is 4.50. The largest absolute Gasteiger partial charge is 0.425 e. The van der Waals surface area contributed by atoms with Crippen LogP contribution in [0.15, 0.2) is 59.9 Å². The van der Waals surface area contributed by atoms with Gasteiger partial charge in [-0.25, -0.2) is 4.98 Å². The fourth-order valence-corrected chi connectivity index (χ4v) is 2.09. The zero-order valence-corrected chi connectivity index (χ0v) is 11.7. The average Bonchev–Trinajstić information content (AvgIpc) is 3.03. The number of aliphatic imine (C=N–C) groups is 1. The van der Waals surface area contributed by atoms with E-state index in [4.69, 9.17) is 10.00 Å². The standard InChI is InChI=1S/C16H13N5O/c17-11-21-16(22-13-4-2-1-3-5-13)20-10-12-6-8-18-15-14(12)7-9-19-15/h1-9H,10H2,(H,18,19)(H,20,21). The Balaban J connectivity index is 1.74. The van der Waals surface area contributed by atoms with Crippen LogP contribution in [0.25, 0.3) is 11.0 Å². The molecule has 0 amide bonds. The molecule has 0 fully saturated rings. The van der Waals surface area contributed by atoms with Gasteiger partial charge in [-0.1, -0.05) is 18.2 Å². The van der Waals surface area contributed by atoms with Crippen molar-refractivity contribution in [2.24, 2.45) is 4.99 Å². The van der Waals surface area contributed by atoms with E-state index < -0.39 is 0 Å². The lowest BCUT2D eigenvalue weighted by molar-refractivity contribution is 0.515. The van der Waals surface area contributed by atoms with Crippen LogP contribution in [0, 0.1) is 11.5 Å². The first-order valence-electron chi connectivity index (χ1n) is 6.71. The lowest BCUT2D eigenvalue weighted by atomic mass is 10.2. The number of ether oxygens (including phenoxy) is 1. The zero-order valence-electron chi connectivity index (χ0n) is 11.7. The van der Waals surface area contributed by atoms with E-state index in [1.165, 1.54) is 0 Å². The van der Waals surface area contributed by atoms with Gasteiger partial charge >= 0.3 is 6.02 Å². The summed E-state index contributed by atoms with van der Waals surface area (Å²) in [4.78, 5) is 11.0. The Morgan fingerprint density at radius 1 is 1.27 bits per heavy atom. The molecule has 0 radical (unpaired) electrons. The van der Waals surface area contributed by atoms with Crippen LogP contribution in [-0.4, -0.2) is 16.0 Å². The smallest absolute Gasteiger partial charge is 0.305 e. The minimum Gasteiger partial charge on any atom is -0.425 e. The van der Waals surface area contributed by atoms with Gasteiger partial charge in [0.25, 0.3) is 0 Å². The molecule has 2 N–H and O–H groups in total. The van der Waals surface area contributed by atoms with Crippen LogP contribution in [0.1, 0.15) is 5.56 Å². The number of H-pyrrole nitrogens is 1. The van der Waals surface area contributed by atoms with Crippen LogP contribution in [-0.2, 0) is 6.54 Å². The topological polar surface area (TPSA) is 86.1 Å². The predicted molar refractivity (Wildman–Crippen MR) is 83.1 cm³/mol. The van der Waals surface area contributed by atoms with Gasteiger partial charge in [-0.2, -0.15) is 5.26 Å². The molecule has 6 nitrogen and oxygen atoms in total. The Labute approximate surface area is 127 Å². The number of rotatable bonds is 3. The van der Waals surface area contributed by atoms with Crippen molar-refractivity contribution >= 4 is 17.1 Å². The second kappa shape index (κ2) is 6.41. The van der Waals surface area contributed by atoms with Gasteiger partial charge < -0.3 is 15.0 Å². The van der Waals surface area contributed by atoms with Crippen molar-refractivity contribution in [3.05, 3.63) is 60.4 Å². The van der Waals surface area contributed by atoms with Crippen LogP contribution in [0.4, 0.5) is 0 Å². The molecule has 0 bridgehead atoms. The van der Waals surface area contributed by atoms with E-state index in [1.54, 1.807) is 24.5 Å². The van der Waals surface area contributed by atoms with Crippen LogP contribution in [0.5, 0.6) is 5.75 Å². The average molecular weight is 291 g/mol. The molecule has 0 aliphatic carbocycles. The number of amidine groups is 1. The Kier molecular flexibility index (Phi) is 3.98. The van der Waals surface area contributed by atoms with E-state index >= 15 is 0 Å². The number of nitrogens with zero attached hydrogens (tertiary/aromatic N) is 3. The number of para-hydroxylation sites is 1. The molecule has 0 spiro atoms. The lowest BCUT2D eigenvalue weighted by Gasteiger charge is -2.10. The van der Waals surface area contributed by atoms with E-state index in [9.17, 15) is 0 Å². The van der Waals surface area contributed by atoms with Crippen LogP contribution >= 0.6 is 0 Å². The summed E-state index contributed by atoms with van der Waals surface area (Å²) in [7, 11) is 0. The lowest BCUT2D eigenvalue weighted by Crippen LogP contribution is -2.28. The Morgan fingerprint density at radius 2 is 2.14 bits per heavy atom. The van der Waals surface area contributed by atoms with Gasteiger partial charge in [0.15, 0.2) is 0 Å². The molecule has 0 atom stereocenters. The number of benzene rings is 1. The fraction of sp³-hybridized carbons (Fsp3) is 0.0625. The highest BCUT2D eigenvalue weighted by molar-refractivity contribution is 5.81. The van der Waals surface area contributed by atoms with Crippen LogP contribution < -0.4 is 10.1 Å². The molecule has 0 aliphatic heterocycles. The highest BCUT2D eigenvalue weighted by atomic mass is 16.5. The molecule has 22 heavy (non-hydrogen) atoms. The summed E-state index contributed by atoms with van der Waals surface area (Å²) in [5.41, 5.74) is 1.86. The molecule has 0 unspecified atom stereocenters. The van der Waals surface area contributed by atoms with Crippen molar-refractivity contribution in [1.82, 2.24) is 15.3 Å². The first-order valence-corrected chi connectivity index (χ1v) is 6.71. The normalized spacial score (nSPS) is 11.1. The summed E-state index contributed by atoms with van der Waals surface area (Å²) in [6.07, 6.45) is 5.31. The monoisotopic (exact) mass is 291 g/mol. The molecular weight excluding hydrogens is 278 g/mol. The quantitative estimate of drug-likeness (QED) is 0.441. The molecular formula is C16H13N5O. The minimum absolute atomic E-state index is 0.161. The number of nitrogens with one attached hydrogen (secondary N) is 2. The maximum absolute atomic E-state index is 8.78. The molecule has 3 rings (SSSR count). The maximum atomic E-state index is 8.78. The summed E-state index contributed by atoms with van der Waals surface area (Å²) in [6, 6.07) is 13.2. The van der Waals surface area contributed by atoms with Crippen LogP contribution in [0.3, 0.4) is 0 Å². The molecule has 0 saturated carbocycles. The third kappa shape index (κ3) is 3.04. The molecule has 3 aromatic rings. The fourth-order valence-electron chi connectivity index (χ4n) is 2.09. The molecule has 2 aromatic heterocycles. The first kappa shape index (κ1) is 13.6. The van der Waals surface area contributed by atoms with Crippen LogP contribution in [0.2, 0.25) is 0 Å². The summed E-state index contributed by atoms with van der Waals surface area (Å²) in [5.74, 6) is 0.616. The van der Waals surface area contributed by atoms with Gasteiger partial charge in [0.1, 0.15) is 11.4 Å². The second-order valence-electron chi connectivity index (χ2n) is 4.50. The predicted octanol–water partition coefficient (Wildman–Crippen LogP) is 2.57. The van der Waals surface area contributed by atoms with E-state index in [1.807, 2.05) is 36.5 Å². The van der Waals surface area contributed by atoms with Crippen molar-refractivity contribution in [2.45, 2.75) is 6.54 Å². The number of hydrogen-bond acceptors (Lipinski definition) is 4. The van der Waals surface area contributed by atoms with Gasteiger partial charge in [0, 0.05) is 24.3 Å². The Bertz CT molecular complexity index is 832.